The zero-order valence-corrected chi connectivity index (χ0v) is 17.3. The zero-order valence-electron chi connectivity index (χ0n) is 17.3. The first-order chi connectivity index (χ1) is 14.2. The van der Waals surface area contributed by atoms with E-state index >= 15 is 0 Å². The molecule has 7 nitrogen and oxygen atoms in total. The number of carbonyl (C=O) groups excluding carboxylic acids is 2. The van der Waals surface area contributed by atoms with E-state index in [1.165, 1.54) is 17.0 Å². The van der Waals surface area contributed by atoms with Crippen LogP contribution in [0.1, 0.15) is 49.9 Å². The molecule has 2 amide bonds. The van der Waals surface area contributed by atoms with Crippen molar-refractivity contribution < 1.29 is 18.4 Å². The third-order valence-electron chi connectivity index (χ3n) is 5.44. The summed E-state index contributed by atoms with van der Waals surface area (Å²) in [5.74, 6) is -1.01. The van der Waals surface area contributed by atoms with Gasteiger partial charge in [0.1, 0.15) is 16.9 Å². The second-order valence-electron chi connectivity index (χ2n) is 8.20. The van der Waals surface area contributed by atoms with E-state index in [0.29, 0.717) is 24.3 Å². The largest absolute Gasteiger partial charge is 0.413 e. The number of nitrogens with one attached hydrogen (secondary N) is 1. The van der Waals surface area contributed by atoms with Crippen LogP contribution in [0.4, 0.5) is 4.39 Å². The SMILES string of the molecule is CC(C)c1cc(-c2ccc(F)cc2)nc2oc(C(=O)N3CCNC(=O)C3(C)C)nc12. The quantitative estimate of drug-likeness (QED) is 0.714. The first kappa shape index (κ1) is 20.0. The van der Waals surface area contributed by atoms with Crippen LogP contribution >= 0.6 is 0 Å². The Bertz CT molecular complexity index is 1140. The van der Waals surface area contributed by atoms with Gasteiger partial charge >= 0.3 is 5.91 Å². The van der Waals surface area contributed by atoms with Crippen LogP contribution in [0.5, 0.6) is 0 Å². The number of hydrogen-bond donors (Lipinski definition) is 1. The fourth-order valence-electron chi connectivity index (χ4n) is 3.60. The summed E-state index contributed by atoms with van der Waals surface area (Å²) in [5, 5.41) is 2.77. The van der Waals surface area contributed by atoms with E-state index in [4.69, 9.17) is 4.42 Å². The van der Waals surface area contributed by atoms with Crippen molar-refractivity contribution in [2.45, 2.75) is 39.2 Å². The molecule has 30 heavy (non-hydrogen) atoms. The van der Waals surface area contributed by atoms with Crippen LogP contribution in [0.25, 0.3) is 22.5 Å². The number of amides is 2. The van der Waals surface area contributed by atoms with Crippen molar-refractivity contribution >= 4 is 23.0 Å². The van der Waals surface area contributed by atoms with Crippen molar-refractivity contribution in [1.82, 2.24) is 20.2 Å². The molecule has 3 heterocycles. The molecule has 8 heteroatoms. The number of pyridine rings is 1. The van der Waals surface area contributed by atoms with Crippen LogP contribution < -0.4 is 5.32 Å². The lowest BCUT2D eigenvalue weighted by molar-refractivity contribution is -0.133. The van der Waals surface area contributed by atoms with Crippen molar-refractivity contribution in [1.29, 1.82) is 0 Å². The van der Waals surface area contributed by atoms with Crippen LogP contribution in [0.15, 0.2) is 34.7 Å². The maximum Gasteiger partial charge on any atom is 0.310 e. The van der Waals surface area contributed by atoms with Crippen LogP contribution in [0.2, 0.25) is 0 Å². The smallest absolute Gasteiger partial charge is 0.310 e. The predicted molar refractivity (Wildman–Crippen MR) is 109 cm³/mol. The number of hydrogen-bond acceptors (Lipinski definition) is 5. The molecular formula is C22H23FN4O3. The topological polar surface area (TPSA) is 88.3 Å². The standard InChI is InChI=1S/C22H23FN4O3/c1-12(2)15-11-16(13-5-7-14(23)8-6-13)25-18-17(15)26-19(30-18)20(28)27-10-9-24-21(29)22(27,3)4/h5-8,11-12H,9-10H2,1-4H3,(H,24,29). The first-order valence-corrected chi connectivity index (χ1v) is 9.86. The van der Waals surface area contributed by atoms with Crippen molar-refractivity contribution in [3.05, 3.63) is 47.6 Å². The molecule has 0 radical (unpaired) electrons. The van der Waals surface area contributed by atoms with Crippen molar-refractivity contribution in [3.8, 4) is 11.3 Å². The Morgan fingerprint density at radius 1 is 1.23 bits per heavy atom. The van der Waals surface area contributed by atoms with Gasteiger partial charge in [-0.3, -0.25) is 9.59 Å². The molecule has 4 rings (SSSR count). The summed E-state index contributed by atoms with van der Waals surface area (Å²) in [6.45, 7) is 8.13. The fraction of sp³-hybridized carbons (Fsp3) is 0.364. The van der Waals surface area contributed by atoms with Crippen molar-refractivity contribution in [3.63, 3.8) is 0 Å². The second kappa shape index (κ2) is 7.19. The summed E-state index contributed by atoms with van der Waals surface area (Å²) in [6, 6.07) is 7.91. The molecule has 0 aliphatic carbocycles. The van der Waals surface area contributed by atoms with E-state index in [0.717, 1.165) is 11.1 Å². The van der Waals surface area contributed by atoms with E-state index in [9.17, 15) is 14.0 Å². The predicted octanol–water partition coefficient (Wildman–Crippen LogP) is 3.50. The van der Waals surface area contributed by atoms with Gasteiger partial charge in [0.05, 0.1) is 5.69 Å². The third-order valence-corrected chi connectivity index (χ3v) is 5.44. The molecule has 0 bridgehead atoms. The Morgan fingerprint density at radius 2 is 1.93 bits per heavy atom. The number of nitrogens with zero attached hydrogens (tertiary/aromatic N) is 3. The zero-order chi connectivity index (χ0) is 21.6. The molecule has 1 fully saturated rings. The molecule has 3 aromatic rings. The van der Waals surface area contributed by atoms with Gasteiger partial charge in [-0.2, -0.15) is 0 Å². The molecule has 156 valence electrons. The maximum absolute atomic E-state index is 13.3. The summed E-state index contributed by atoms with van der Waals surface area (Å²) in [7, 11) is 0. The normalized spacial score (nSPS) is 16.2. The van der Waals surface area contributed by atoms with E-state index in [-0.39, 0.29) is 29.2 Å². The molecule has 2 aromatic heterocycles. The van der Waals surface area contributed by atoms with Crippen LogP contribution in [0.3, 0.4) is 0 Å². The Hall–Kier alpha value is -3.29. The minimum absolute atomic E-state index is 0.0972. The van der Waals surface area contributed by atoms with Crippen LogP contribution in [-0.4, -0.2) is 45.3 Å². The molecule has 0 atom stereocenters. The van der Waals surface area contributed by atoms with E-state index in [1.807, 2.05) is 19.9 Å². The van der Waals surface area contributed by atoms with E-state index in [1.54, 1.807) is 26.0 Å². The number of oxazole rings is 1. The third kappa shape index (κ3) is 3.32. The number of carbonyl (C=O) groups is 2. The summed E-state index contributed by atoms with van der Waals surface area (Å²) in [4.78, 5) is 35.7. The minimum atomic E-state index is -1.01. The van der Waals surface area contributed by atoms with Crippen LogP contribution in [0, 0.1) is 5.82 Å². The van der Waals surface area contributed by atoms with Gasteiger partial charge in [0, 0.05) is 18.7 Å². The van der Waals surface area contributed by atoms with Gasteiger partial charge in [-0.15, -0.1) is 0 Å². The van der Waals surface area contributed by atoms with Gasteiger partial charge in [0.2, 0.25) is 11.6 Å². The summed E-state index contributed by atoms with van der Waals surface area (Å²) in [6.07, 6.45) is 0. The van der Waals surface area contributed by atoms with E-state index < -0.39 is 11.4 Å². The first-order valence-electron chi connectivity index (χ1n) is 9.86. The van der Waals surface area contributed by atoms with Gasteiger partial charge in [0.15, 0.2) is 0 Å². The Kier molecular flexibility index (Phi) is 4.80. The van der Waals surface area contributed by atoms with Gasteiger partial charge < -0.3 is 14.6 Å². The molecule has 0 saturated carbocycles. The Labute approximate surface area is 173 Å². The number of halogens is 1. The fourth-order valence-corrected chi connectivity index (χ4v) is 3.60. The lowest BCUT2D eigenvalue weighted by Gasteiger charge is -2.40. The highest BCUT2D eigenvalue weighted by Gasteiger charge is 2.42. The molecule has 1 aromatic carbocycles. The summed E-state index contributed by atoms with van der Waals surface area (Å²) >= 11 is 0. The highest BCUT2D eigenvalue weighted by molar-refractivity contribution is 5.98. The average molecular weight is 410 g/mol. The van der Waals surface area contributed by atoms with Gasteiger partial charge in [-0.05, 0) is 55.7 Å². The number of piperazine rings is 1. The second-order valence-corrected chi connectivity index (χ2v) is 8.20. The molecule has 0 spiro atoms. The molecule has 1 aliphatic heterocycles. The Balaban J connectivity index is 1.80. The Morgan fingerprint density at radius 3 is 2.60 bits per heavy atom. The number of benzene rings is 1. The monoisotopic (exact) mass is 410 g/mol. The van der Waals surface area contributed by atoms with Crippen molar-refractivity contribution in [2.24, 2.45) is 0 Å². The van der Waals surface area contributed by atoms with Crippen LogP contribution in [-0.2, 0) is 4.79 Å². The molecule has 1 N–H and O–H groups in total. The molecule has 0 unspecified atom stereocenters. The molecule has 1 saturated heterocycles. The van der Waals surface area contributed by atoms with Crippen molar-refractivity contribution in [2.75, 3.05) is 13.1 Å². The van der Waals surface area contributed by atoms with Gasteiger partial charge in [-0.1, -0.05) is 13.8 Å². The lowest BCUT2D eigenvalue weighted by Crippen LogP contribution is -2.63. The van der Waals surface area contributed by atoms with E-state index in [2.05, 4.69) is 15.3 Å². The summed E-state index contributed by atoms with van der Waals surface area (Å²) < 4.78 is 19.1. The molecular weight excluding hydrogens is 387 g/mol. The number of aromatic nitrogens is 2. The lowest BCUT2D eigenvalue weighted by atomic mass is 9.99. The highest BCUT2D eigenvalue weighted by atomic mass is 19.1. The van der Waals surface area contributed by atoms with Gasteiger partial charge in [-0.25, -0.2) is 14.4 Å². The number of rotatable bonds is 3. The summed E-state index contributed by atoms with van der Waals surface area (Å²) in [5.41, 5.74) is 1.96. The highest BCUT2D eigenvalue weighted by Crippen LogP contribution is 2.31. The minimum Gasteiger partial charge on any atom is -0.413 e. The molecule has 1 aliphatic rings. The number of fused-ring (bicyclic) bond motifs is 1. The maximum atomic E-state index is 13.3. The average Bonchev–Trinajstić information content (AvgIpc) is 3.13. The van der Waals surface area contributed by atoms with Gasteiger partial charge in [0.25, 0.3) is 5.89 Å².